The van der Waals surface area contributed by atoms with Crippen LogP contribution in [0.3, 0.4) is 0 Å². The van der Waals surface area contributed by atoms with Crippen LogP contribution in [0, 0.1) is 5.92 Å². The van der Waals surface area contributed by atoms with E-state index < -0.39 is 0 Å². The lowest BCUT2D eigenvalue weighted by Gasteiger charge is -2.25. The molecule has 1 rings (SSSR count). The van der Waals surface area contributed by atoms with E-state index in [0.29, 0.717) is 18.0 Å². The molecule has 0 bridgehead atoms. The number of nitrogens with one attached hydrogen (secondary N) is 1. The monoisotopic (exact) mass is 242 g/mol. The molecule has 16 heavy (non-hydrogen) atoms. The highest BCUT2D eigenvalue weighted by atomic mass is 32.1. The Morgan fingerprint density at radius 2 is 2.19 bits per heavy atom. The first-order chi connectivity index (χ1) is 7.65. The maximum absolute atomic E-state index is 5.49. The lowest BCUT2D eigenvalue weighted by Crippen LogP contribution is -2.39. The zero-order chi connectivity index (χ0) is 12.0. The van der Waals surface area contributed by atoms with Crippen LogP contribution in [0.1, 0.15) is 39.4 Å². The van der Waals surface area contributed by atoms with Crippen LogP contribution in [-0.2, 0) is 4.74 Å². The Kier molecular flexibility index (Phi) is 5.95. The zero-order valence-corrected chi connectivity index (χ0v) is 11.4. The SMILES string of the molecule is CCOCC(NC(C)c1cscn1)C(C)C. The molecular weight excluding hydrogens is 220 g/mol. The largest absolute Gasteiger partial charge is 0.380 e. The van der Waals surface area contributed by atoms with Gasteiger partial charge in [-0.05, 0) is 19.8 Å². The molecule has 0 saturated heterocycles. The fraction of sp³-hybridized carbons (Fsp3) is 0.750. The molecule has 0 aliphatic rings. The fourth-order valence-corrected chi connectivity index (χ4v) is 2.17. The molecule has 1 N–H and O–H groups in total. The number of hydrogen-bond donors (Lipinski definition) is 1. The van der Waals surface area contributed by atoms with Crippen LogP contribution in [0.2, 0.25) is 0 Å². The Balaban J connectivity index is 2.47. The average molecular weight is 242 g/mol. The number of hydrogen-bond acceptors (Lipinski definition) is 4. The molecule has 0 fully saturated rings. The Morgan fingerprint density at radius 3 is 2.69 bits per heavy atom. The molecular formula is C12H22N2OS. The van der Waals surface area contributed by atoms with Gasteiger partial charge in [0.05, 0.1) is 17.8 Å². The maximum Gasteiger partial charge on any atom is 0.0795 e. The van der Waals surface area contributed by atoms with Crippen LogP contribution in [0.4, 0.5) is 0 Å². The van der Waals surface area contributed by atoms with Gasteiger partial charge in [0.1, 0.15) is 0 Å². The van der Waals surface area contributed by atoms with Crippen LogP contribution in [0.25, 0.3) is 0 Å². The first-order valence-corrected chi connectivity index (χ1v) is 6.81. The van der Waals surface area contributed by atoms with Gasteiger partial charge in [-0.3, -0.25) is 0 Å². The standard InChI is InChI=1S/C12H22N2OS/c1-5-15-6-11(9(2)3)14-10(4)12-7-16-8-13-12/h7-11,14H,5-6H2,1-4H3. The zero-order valence-electron chi connectivity index (χ0n) is 10.6. The van der Waals surface area contributed by atoms with Gasteiger partial charge in [0, 0.05) is 24.1 Å². The molecule has 2 unspecified atom stereocenters. The molecule has 3 nitrogen and oxygen atoms in total. The number of thiazole rings is 1. The van der Waals surface area contributed by atoms with Crippen LogP contribution in [-0.4, -0.2) is 24.2 Å². The number of nitrogens with zero attached hydrogens (tertiary/aromatic N) is 1. The molecule has 0 aliphatic heterocycles. The molecule has 2 atom stereocenters. The summed E-state index contributed by atoms with van der Waals surface area (Å²) in [6.45, 7) is 10.1. The van der Waals surface area contributed by atoms with Gasteiger partial charge < -0.3 is 10.1 Å². The smallest absolute Gasteiger partial charge is 0.0795 e. The second kappa shape index (κ2) is 6.99. The van der Waals surface area contributed by atoms with E-state index in [2.05, 4.69) is 36.5 Å². The predicted octanol–water partition coefficient (Wildman–Crippen LogP) is 2.85. The van der Waals surface area contributed by atoms with Gasteiger partial charge in [0.2, 0.25) is 0 Å². The Bertz CT molecular complexity index is 275. The van der Waals surface area contributed by atoms with E-state index >= 15 is 0 Å². The highest BCUT2D eigenvalue weighted by molar-refractivity contribution is 7.07. The van der Waals surface area contributed by atoms with Gasteiger partial charge in [-0.15, -0.1) is 11.3 Å². The van der Waals surface area contributed by atoms with Crippen molar-refractivity contribution >= 4 is 11.3 Å². The summed E-state index contributed by atoms with van der Waals surface area (Å²) >= 11 is 1.64. The normalized spacial score (nSPS) is 15.3. The lowest BCUT2D eigenvalue weighted by atomic mass is 10.0. The molecule has 1 aromatic heterocycles. The van der Waals surface area contributed by atoms with Crippen LogP contribution in [0.15, 0.2) is 10.9 Å². The van der Waals surface area contributed by atoms with E-state index in [1.807, 2.05) is 12.4 Å². The van der Waals surface area contributed by atoms with Gasteiger partial charge in [-0.25, -0.2) is 4.98 Å². The third kappa shape index (κ3) is 4.20. The molecule has 0 radical (unpaired) electrons. The van der Waals surface area contributed by atoms with Gasteiger partial charge >= 0.3 is 0 Å². The molecule has 0 saturated carbocycles. The molecule has 4 heteroatoms. The highest BCUT2D eigenvalue weighted by Crippen LogP contribution is 2.15. The van der Waals surface area contributed by atoms with Crippen LogP contribution >= 0.6 is 11.3 Å². The first kappa shape index (κ1) is 13.6. The Morgan fingerprint density at radius 1 is 1.44 bits per heavy atom. The van der Waals surface area contributed by atoms with Gasteiger partial charge in [0.25, 0.3) is 0 Å². The Labute approximate surface area is 102 Å². The van der Waals surface area contributed by atoms with E-state index in [-0.39, 0.29) is 0 Å². The van der Waals surface area contributed by atoms with E-state index in [0.717, 1.165) is 18.9 Å². The molecule has 0 aromatic carbocycles. The van der Waals surface area contributed by atoms with E-state index in [4.69, 9.17) is 4.74 Å². The predicted molar refractivity (Wildman–Crippen MR) is 68.8 cm³/mol. The minimum Gasteiger partial charge on any atom is -0.380 e. The number of aromatic nitrogens is 1. The van der Waals surface area contributed by atoms with Crippen molar-refractivity contribution in [3.63, 3.8) is 0 Å². The summed E-state index contributed by atoms with van der Waals surface area (Å²) in [5.41, 5.74) is 2.99. The molecule has 1 aromatic rings. The summed E-state index contributed by atoms with van der Waals surface area (Å²) in [4.78, 5) is 4.32. The second-order valence-electron chi connectivity index (χ2n) is 4.31. The first-order valence-electron chi connectivity index (χ1n) is 5.87. The van der Waals surface area contributed by atoms with Crippen LogP contribution < -0.4 is 5.32 Å². The summed E-state index contributed by atoms with van der Waals surface area (Å²) < 4.78 is 5.49. The summed E-state index contributed by atoms with van der Waals surface area (Å²) in [6.07, 6.45) is 0. The topological polar surface area (TPSA) is 34.1 Å². The molecule has 0 amide bonds. The van der Waals surface area contributed by atoms with Crippen molar-refractivity contribution in [3.05, 3.63) is 16.6 Å². The summed E-state index contributed by atoms with van der Waals surface area (Å²) in [5.74, 6) is 0.563. The lowest BCUT2D eigenvalue weighted by molar-refractivity contribution is 0.104. The van der Waals surface area contributed by atoms with Crippen molar-refractivity contribution in [2.45, 2.75) is 39.8 Å². The van der Waals surface area contributed by atoms with E-state index in [9.17, 15) is 0 Å². The maximum atomic E-state index is 5.49. The second-order valence-corrected chi connectivity index (χ2v) is 5.03. The summed E-state index contributed by atoms with van der Waals surface area (Å²) in [5, 5.41) is 5.67. The van der Waals surface area contributed by atoms with Crippen molar-refractivity contribution in [2.24, 2.45) is 5.92 Å². The van der Waals surface area contributed by atoms with Gasteiger partial charge in [-0.1, -0.05) is 13.8 Å². The molecule has 92 valence electrons. The quantitative estimate of drug-likeness (QED) is 0.798. The summed E-state index contributed by atoms with van der Waals surface area (Å²) in [7, 11) is 0. The van der Waals surface area contributed by atoms with Crippen LogP contribution in [0.5, 0.6) is 0 Å². The average Bonchev–Trinajstić information content (AvgIpc) is 2.76. The van der Waals surface area contributed by atoms with Crippen molar-refractivity contribution in [1.82, 2.24) is 10.3 Å². The third-order valence-corrected chi connectivity index (χ3v) is 3.27. The summed E-state index contributed by atoms with van der Waals surface area (Å²) in [6, 6.07) is 0.677. The van der Waals surface area contributed by atoms with E-state index in [1.165, 1.54) is 0 Å². The van der Waals surface area contributed by atoms with Gasteiger partial charge in [-0.2, -0.15) is 0 Å². The minimum absolute atomic E-state index is 0.291. The molecule has 0 spiro atoms. The Hall–Kier alpha value is -0.450. The van der Waals surface area contributed by atoms with E-state index in [1.54, 1.807) is 11.3 Å². The van der Waals surface area contributed by atoms with Crippen molar-refractivity contribution < 1.29 is 4.74 Å². The highest BCUT2D eigenvalue weighted by Gasteiger charge is 2.17. The van der Waals surface area contributed by atoms with Crippen molar-refractivity contribution in [1.29, 1.82) is 0 Å². The van der Waals surface area contributed by atoms with Gasteiger partial charge in [0.15, 0.2) is 0 Å². The van der Waals surface area contributed by atoms with Crippen molar-refractivity contribution in [2.75, 3.05) is 13.2 Å². The minimum atomic E-state index is 0.291. The fourth-order valence-electron chi connectivity index (χ4n) is 1.52. The molecule has 1 heterocycles. The van der Waals surface area contributed by atoms with Crippen molar-refractivity contribution in [3.8, 4) is 0 Å². The molecule has 0 aliphatic carbocycles. The number of ether oxygens (including phenoxy) is 1. The third-order valence-electron chi connectivity index (χ3n) is 2.67. The number of rotatable bonds is 7.